The molecule has 0 radical (unpaired) electrons. The Bertz CT molecular complexity index is 201. The minimum atomic E-state index is -0.0797. The average molecular weight is 248 g/mol. The van der Waals surface area contributed by atoms with Crippen LogP contribution in [0.1, 0.15) is 40.0 Å². The van der Waals surface area contributed by atoms with Crippen molar-refractivity contribution >= 4 is 21.8 Å². The van der Waals surface area contributed by atoms with E-state index < -0.39 is 0 Å². The van der Waals surface area contributed by atoms with Gasteiger partial charge in [0.1, 0.15) is 0 Å². The average Bonchev–Trinajstić information content (AvgIpc) is 2.30. The Hall–Kier alpha value is -0.0500. The van der Waals surface area contributed by atoms with Crippen molar-refractivity contribution in [2.24, 2.45) is 5.41 Å². The van der Waals surface area contributed by atoms with Gasteiger partial charge < -0.3 is 5.32 Å². The van der Waals surface area contributed by atoms with Gasteiger partial charge in [0.15, 0.2) is 0 Å². The highest BCUT2D eigenvalue weighted by atomic mass is 79.9. The zero-order chi connectivity index (χ0) is 10.1. The predicted octanol–water partition coefficient (Wildman–Crippen LogP) is 2.46. The molecular weight excluding hydrogens is 230 g/mol. The van der Waals surface area contributed by atoms with E-state index in [0.717, 1.165) is 6.42 Å². The lowest BCUT2D eigenvalue weighted by Gasteiger charge is -2.28. The van der Waals surface area contributed by atoms with Gasteiger partial charge in [-0.05, 0) is 25.2 Å². The number of nitrogens with one attached hydrogen (secondary N) is 1. The molecule has 1 fully saturated rings. The summed E-state index contributed by atoms with van der Waals surface area (Å²) in [5, 5.41) is 3.08. The summed E-state index contributed by atoms with van der Waals surface area (Å²) in [7, 11) is 0. The molecule has 0 heterocycles. The summed E-state index contributed by atoms with van der Waals surface area (Å²) in [5.74, 6) is 0.111. The van der Waals surface area contributed by atoms with Crippen LogP contribution in [0.2, 0.25) is 0 Å². The lowest BCUT2D eigenvalue weighted by molar-refractivity contribution is -0.121. The number of carbonyl (C=O) groups excluding carboxylic acids is 1. The standard InChI is InChI=1S/C10H18BrNO/c1-7(11)9(13)12-8-5-4-6-10(8,2)3/h7-8H,4-6H2,1-3H3,(H,12,13). The Balaban J connectivity index is 2.50. The van der Waals surface area contributed by atoms with E-state index in [1.165, 1.54) is 12.8 Å². The fourth-order valence-electron chi connectivity index (χ4n) is 1.88. The molecule has 1 aliphatic carbocycles. The molecular formula is C10H18BrNO. The molecule has 1 rings (SSSR count). The monoisotopic (exact) mass is 247 g/mol. The molecule has 3 heteroatoms. The van der Waals surface area contributed by atoms with Crippen LogP contribution in [0.15, 0.2) is 0 Å². The van der Waals surface area contributed by atoms with E-state index >= 15 is 0 Å². The summed E-state index contributed by atoms with van der Waals surface area (Å²) in [5.41, 5.74) is 0.275. The minimum Gasteiger partial charge on any atom is -0.352 e. The van der Waals surface area contributed by atoms with Crippen molar-refractivity contribution in [3.05, 3.63) is 0 Å². The van der Waals surface area contributed by atoms with Crippen LogP contribution >= 0.6 is 15.9 Å². The number of halogens is 1. The highest BCUT2D eigenvalue weighted by molar-refractivity contribution is 9.10. The van der Waals surface area contributed by atoms with E-state index in [1.54, 1.807) is 0 Å². The summed E-state index contributed by atoms with van der Waals surface area (Å²) >= 11 is 3.27. The molecule has 0 aliphatic heterocycles. The first-order valence-electron chi connectivity index (χ1n) is 4.88. The Morgan fingerprint density at radius 1 is 1.62 bits per heavy atom. The first-order valence-corrected chi connectivity index (χ1v) is 5.79. The molecule has 0 bridgehead atoms. The predicted molar refractivity (Wildman–Crippen MR) is 58.0 cm³/mol. The van der Waals surface area contributed by atoms with Gasteiger partial charge >= 0.3 is 0 Å². The van der Waals surface area contributed by atoms with Crippen LogP contribution in [0, 0.1) is 5.41 Å². The SMILES string of the molecule is CC(Br)C(=O)NC1CCCC1(C)C. The van der Waals surface area contributed by atoms with E-state index in [1.807, 2.05) is 6.92 Å². The molecule has 2 unspecified atom stereocenters. The first-order chi connectivity index (χ1) is 5.93. The zero-order valence-corrected chi connectivity index (χ0v) is 10.1. The third kappa shape index (κ3) is 2.70. The summed E-state index contributed by atoms with van der Waals surface area (Å²) in [6.45, 7) is 6.31. The normalized spacial score (nSPS) is 28.5. The van der Waals surface area contributed by atoms with Gasteiger partial charge in [0.25, 0.3) is 0 Å². The molecule has 2 nitrogen and oxygen atoms in total. The van der Waals surface area contributed by atoms with Crippen LogP contribution < -0.4 is 5.32 Å². The summed E-state index contributed by atoms with van der Waals surface area (Å²) in [6, 6.07) is 0.361. The molecule has 1 saturated carbocycles. The van der Waals surface area contributed by atoms with Gasteiger partial charge in [0.2, 0.25) is 5.91 Å². The minimum absolute atomic E-state index is 0.0797. The quantitative estimate of drug-likeness (QED) is 0.747. The molecule has 13 heavy (non-hydrogen) atoms. The summed E-state index contributed by atoms with van der Waals surface area (Å²) < 4.78 is 0. The van der Waals surface area contributed by atoms with Crippen LogP contribution in [-0.2, 0) is 4.79 Å². The molecule has 1 aliphatic rings. The third-order valence-electron chi connectivity index (χ3n) is 2.94. The van der Waals surface area contributed by atoms with Crippen molar-refractivity contribution < 1.29 is 4.79 Å². The number of hydrogen-bond donors (Lipinski definition) is 1. The molecule has 2 atom stereocenters. The van der Waals surface area contributed by atoms with Gasteiger partial charge in [-0.15, -0.1) is 0 Å². The molecule has 0 saturated heterocycles. The van der Waals surface area contributed by atoms with E-state index in [0.29, 0.717) is 6.04 Å². The van der Waals surface area contributed by atoms with Gasteiger partial charge in [-0.25, -0.2) is 0 Å². The highest BCUT2D eigenvalue weighted by Crippen LogP contribution is 2.37. The number of rotatable bonds is 2. The van der Waals surface area contributed by atoms with Crippen molar-refractivity contribution in [1.29, 1.82) is 0 Å². The lowest BCUT2D eigenvalue weighted by atomic mass is 9.87. The summed E-state index contributed by atoms with van der Waals surface area (Å²) in [6.07, 6.45) is 3.57. The van der Waals surface area contributed by atoms with E-state index in [4.69, 9.17) is 0 Å². The maximum atomic E-state index is 11.4. The second kappa shape index (κ2) is 3.99. The zero-order valence-electron chi connectivity index (χ0n) is 8.56. The van der Waals surface area contributed by atoms with Gasteiger partial charge in [-0.2, -0.15) is 0 Å². The Labute approximate surface area is 88.6 Å². The van der Waals surface area contributed by atoms with Crippen LogP contribution in [0.5, 0.6) is 0 Å². The molecule has 0 aromatic rings. The Morgan fingerprint density at radius 2 is 2.23 bits per heavy atom. The largest absolute Gasteiger partial charge is 0.352 e. The number of alkyl halides is 1. The van der Waals surface area contributed by atoms with Gasteiger partial charge in [0.05, 0.1) is 4.83 Å². The maximum absolute atomic E-state index is 11.4. The number of carbonyl (C=O) groups is 1. The van der Waals surface area contributed by atoms with Gasteiger partial charge in [0, 0.05) is 6.04 Å². The Morgan fingerprint density at radius 3 is 2.62 bits per heavy atom. The maximum Gasteiger partial charge on any atom is 0.233 e. The van der Waals surface area contributed by atoms with Crippen LogP contribution in [0.4, 0.5) is 0 Å². The van der Waals surface area contributed by atoms with Crippen molar-refractivity contribution in [1.82, 2.24) is 5.32 Å². The van der Waals surface area contributed by atoms with E-state index in [2.05, 4.69) is 35.1 Å². The van der Waals surface area contributed by atoms with Crippen molar-refractivity contribution in [3.8, 4) is 0 Å². The first kappa shape index (κ1) is 11.0. The molecule has 0 aromatic carbocycles. The van der Waals surface area contributed by atoms with Crippen LogP contribution in [-0.4, -0.2) is 16.8 Å². The number of amides is 1. The van der Waals surface area contributed by atoms with E-state index in [-0.39, 0.29) is 16.1 Å². The van der Waals surface area contributed by atoms with Gasteiger partial charge in [-0.3, -0.25) is 4.79 Å². The third-order valence-corrected chi connectivity index (χ3v) is 3.35. The lowest BCUT2D eigenvalue weighted by Crippen LogP contribution is -2.43. The fraction of sp³-hybridized carbons (Fsp3) is 0.900. The van der Waals surface area contributed by atoms with Gasteiger partial charge in [-0.1, -0.05) is 36.2 Å². The number of hydrogen-bond acceptors (Lipinski definition) is 1. The van der Waals surface area contributed by atoms with Crippen molar-refractivity contribution in [2.75, 3.05) is 0 Å². The molecule has 1 N–H and O–H groups in total. The topological polar surface area (TPSA) is 29.1 Å². The second-order valence-electron chi connectivity index (χ2n) is 4.56. The summed E-state index contributed by atoms with van der Waals surface area (Å²) in [4.78, 5) is 11.3. The van der Waals surface area contributed by atoms with Crippen molar-refractivity contribution in [3.63, 3.8) is 0 Å². The molecule has 0 spiro atoms. The molecule has 76 valence electrons. The van der Waals surface area contributed by atoms with Crippen LogP contribution in [0.3, 0.4) is 0 Å². The molecule has 0 aromatic heterocycles. The highest BCUT2D eigenvalue weighted by Gasteiger charge is 2.35. The van der Waals surface area contributed by atoms with E-state index in [9.17, 15) is 4.79 Å². The van der Waals surface area contributed by atoms with Crippen molar-refractivity contribution in [2.45, 2.75) is 50.9 Å². The Kier molecular flexibility index (Phi) is 3.38. The second-order valence-corrected chi connectivity index (χ2v) is 5.93. The van der Waals surface area contributed by atoms with Crippen LogP contribution in [0.25, 0.3) is 0 Å². The smallest absolute Gasteiger partial charge is 0.233 e. The fourth-order valence-corrected chi connectivity index (χ4v) is 2.01. The molecule has 1 amide bonds.